The summed E-state index contributed by atoms with van der Waals surface area (Å²) >= 11 is 1.35. The van der Waals surface area contributed by atoms with Crippen LogP contribution in [0.3, 0.4) is 0 Å². The number of aromatic nitrogens is 2. The van der Waals surface area contributed by atoms with E-state index < -0.39 is 11.6 Å². The van der Waals surface area contributed by atoms with Crippen molar-refractivity contribution in [2.75, 3.05) is 0 Å². The number of hydrogen-bond donors (Lipinski definition) is 0. The van der Waals surface area contributed by atoms with Crippen molar-refractivity contribution in [1.82, 2.24) is 9.55 Å². The SMILES string of the molecule is O=c1c2sccc2ncn1CCc1ccc(F)c(F)c1. The molecule has 0 unspecified atom stereocenters. The molecule has 3 nitrogen and oxygen atoms in total. The van der Waals surface area contributed by atoms with Gasteiger partial charge in [-0.15, -0.1) is 11.3 Å². The van der Waals surface area contributed by atoms with Gasteiger partial charge in [0.25, 0.3) is 5.56 Å². The Labute approximate surface area is 117 Å². The minimum Gasteiger partial charge on any atom is -0.298 e. The van der Waals surface area contributed by atoms with Gasteiger partial charge in [0.2, 0.25) is 0 Å². The van der Waals surface area contributed by atoms with E-state index in [0.29, 0.717) is 28.7 Å². The molecule has 6 heteroatoms. The second kappa shape index (κ2) is 5.13. The molecule has 0 bridgehead atoms. The summed E-state index contributed by atoms with van der Waals surface area (Å²) in [6.07, 6.45) is 1.92. The summed E-state index contributed by atoms with van der Waals surface area (Å²) in [7, 11) is 0. The average Bonchev–Trinajstić information content (AvgIpc) is 2.91. The summed E-state index contributed by atoms with van der Waals surface area (Å²) in [6.45, 7) is 0.380. The first-order valence-corrected chi connectivity index (χ1v) is 6.90. The predicted octanol–water partition coefficient (Wildman–Crippen LogP) is 2.98. The van der Waals surface area contributed by atoms with Crippen LogP contribution < -0.4 is 5.56 Å². The number of thiophene rings is 1. The Morgan fingerprint density at radius 3 is 2.85 bits per heavy atom. The quantitative estimate of drug-likeness (QED) is 0.744. The van der Waals surface area contributed by atoms with Gasteiger partial charge in [-0.25, -0.2) is 13.8 Å². The van der Waals surface area contributed by atoms with Crippen LogP contribution in [0.1, 0.15) is 5.56 Å². The third kappa shape index (κ3) is 2.34. The zero-order chi connectivity index (χ0) is 14.1. The number of fused-ring (bicyclic) bond motifs is 1. The number of rotatable bonds is 3. The molecule has 3 rings (SSSR count). The van der Waals surface area contributed by atoms with Crippen LogP contribution in [0, 0.1) is 11.6 Å². The molecule has 0 saturated heterocycles. The molecule has 1 aromatic carbocycles. The molecule has 2 heterocycles. The van der Waals surface area contributed by atoms with Gasteiger partial charge in [-0.1, -0.05) is 6.07 Å². The smallest absolute Gasteiger partial charge is 0.271 e. The average molecular weight is 292 g/mol. The van der Waals surface area contributed by atoms with E-state index in [-0.39, 0.29) is 5.56 Å². The molecule has 0 atom stereocenters. The van der Waals surface area contributed by atoms with Crippen molar-refractivity contribution in [3.8, 4) is 0 Å². The first-order valence-electron chi connectivity index (χ1n) is 6.02. The molecule has 0 N–H and O–H groups in total. The largest absolute Gasteiger partial charge is 0.298 e. The Kier molecular flexibility index (Phi) is 3.31. The first-order chi connectivity index (χ1) is 9.65. The van der Waals surface area contributed by atoms with Crippen LogP contribution in [0.15, 0.2) is 40.8 Å². The molecule has 0 fully saturated rings. The highest BCUT2D eigenvalue weighted by molar-refractivity contribution is 7.17. The van der Waals surface area contributed by atoms with Gasteiger partial charge in [0.1, 0.15) is 4.70 Å². The molecule has 2 aromatic heterocycles. The van der Waals surface area contributed by atoms with Gasteiger partial charge >= 0.3 is 0 Å². The van der Waals surface area contributed by atoms with E-state index in [0.717, 1.165) is 12.1 Å². The third-order valence-corrected chi connectivity index (χ3v) is 3.95. The lowest BCUT2D eigenvalue weighted by atomic mass is 10.1. The summed E-state index contributed by atoms with van der Waals surface area (Å²) in [5.74, 6) is -1.74. The van der Waals surface area contributed by atoms with Gasteiger partial charge in [0, 0.05) is 6.54 Å². The molecule has 20 heavy (non-hydrogen) atoms. The highest BCUT2D eigenvalue weighted by atomic mass is 32.1. The Bertz CT molecular complexity index is 825. The number of halogens is 2. The maximum atomic E-state index is 13.1. The van der Waals surface area contributed by atoms with Crippen molar-refractivity contribution >= 4 is 21.6 Å². The second-order valence-corrected chi connectivity index (χ2v) is 5.29. The lowest BCUT2D eigenvalue weighted by Crippen LogP contribution is -2.20. The van der Waals surface area contributed by atoms with E-state index in [1.807, 2.05) is 5.38 Å². The zero-order valence-corrected chi connectivity index (χ0v) is 11.2. The van der Waals surface area contributed by atoms with E-state index in [9.17, 15) is 13.6 Å². The minimum absolute atomic E-state index is 0.104. The molecule has 3 aromatic rings. The van der Waals surface area contributed by atoms with Crippen LogP contribution in [0.5, 0.6) is 0 Å². The molecule has 0 amide bonds. The number of hydrogen-bond acceptors (Lipinski definition) is 3. The summed E-state index contributed by atoms with van der Waals surface area (Å²) in [4.78, 5) is 16.3. The van der Waals surface area contributed by atoms with Gasteiger partial charge in [-0.2, -0.15) is 0 Å². The van der Waals surface area contributed by atoms with Crippen molar-refractivity contribution in [3.63, 3.8) is 0 Å². The van der Waals surface area contributed by atoms with E-state index in [2.05, 4.69) is 4.98 Å². The molecule has 0 aliphatic heterocycles. The maximum absolute atomic E-state index is 13.1. The number of aryl methyl sites for hydroxylation is 2. The molecule has 0 aliphatic rings. The van der Waals surface area contributed by atoms with Crippen molar-refractivity contribution in [2.24, 2.45) is 0 Å². The van der Waals surface area contributed by atoms with Gasteiger partial charge in [0.05, 0.1) is 11.8 Å². The normalized spacial score (nSPS) is 11.1. The zero-order valence-electron chi connectivity index (χ0n) is 10.3. The summed E-state index contributed by atoms with van der Waals surface area (Å²) in [6, 6.07) is 5.55. The fourth-order valence-electron chi connectivity index (χ4n) is 1.98. The molecular weight excluding hydrogens is 282 g/mol. The predicted molar refractivity (Wildman–Crippen MR) is 73.9 cm³/mol. The van der Waals surface area contributed by atoms with Crippen LogP contribution >= 0.6 is 11.3 Å². The van der Waals surface area contributed by atoms with E-state index >= 15 is 0 Å². The molecule has 0 spiro atoms. The highest BCUT2D eigenvalue weighted by Crippen LogP contribution is 2.14. The number of benzene rings is 1. The van der Waals surface area contributed by atoms with E-state index in [1.165, 1.54) is 28.3 Å². The van der Waals surface area contributed by atoms with Crippen LogP contribution in [-0.4, -0.2) is 9.55 Å². The Balaban J connectivity index is 1.84. The standard InChI is InChI=1S/C14H10F2N2OS/c15-10-2-1-9(7-11(10)16)3-5-18-8-17-12-4-6-20-13(12)14(18)19/h1-2,4,6-8H,3,5H2. The van der Waals surface area contributed by atoms with Gasteiger partial charge < -0.3 is 0 Å². The summed E-state index contributed by atoms with van der Waals surface area (Å²) < 4.78 is 28.0. The first kappa shape index (κ1) is 12.9. The van der Waals surface area contributed by atoms with Crippen molar-refractivity contribution in [2.45, 2.75) is 13.0 Å². The lowest BCUT2D eigenvalue weighted by Gasteiger charge is -2.05. The molecule has 0 radical (unpaired) electrons. The fraction of sp³-hybridized carbons (Fsp3) is 0.143. The van der Waals surface area contributed by atoms with Crippen LogP contribution in [0.4, 0.5) is 8.78 Å². The van der Waals surface area contributed by atoms with Crippen molar-refractivity contribution in [3.05, 3.63) is 63.5 Å². The third-order valence-electron chi connectivity index (χ3n) is 3.06. The Morgan fingerprint density at radius 1 is 1.20 bits per heavy atom. The van der Waals surface area contributed by atoms with E-state index in [1.54, 1.807) is 6.07 Å². The number of nitrogens with zero attached hydrogens (tertiary/aromatic N) is 2. The highest BCUT2D eigenvalue weighted by Gasteiger charge is 2.06. The van der Waals surface area contributed by atoms with Crippen LogP contribution in [-0.2, 0) is 13.0 Å². The molecule has 0 aliphatic carbocycles. The van der Waals surface area contributed by atoms with Gasteiger partial charge in [0.15, 0.2) is 11.6 Å². The van der Waals surface area contributed by atoms with Gasteiger partial charge in [-0.3, -0.25) is 9.36 Å². The Hall–Kier alpha value is -2.08. The molecule has 102 valence electrons. The van der Waals surface area contributed by atoms with Crippen molar-refractivity contribution in [1.29, 1.82) is 0 Å². The monoisotopic (exact) mass is 292 g/mol. The molecule has 0 saturated carbocycles. The topological polar surface area (TPSA) is 34.9 Å². The van der Waals surface area contributed by atoms with Gasteiger partial charge in [-0.05, 0) is 35.6 Å². The maximum Gasteiger partial charge on any atom is 0.271 e. The summed E-state index contributed by atoms with van der Waals surface area (Å²) in [5, 5.41) is 1.82. The minimum atomic E-state index is -0.873. The summed E-state index contributed by atoms with van der Waals surface area (Å²) in [5.41, 5.74) is 1.22. The lowest BCUT2D eigenvalue weighted by molar-refractivity contribution is 0.506. The van der Waals surface area contributed by atoms with E-state index in [4.69, 9.17) is 0 Å². The second-order valence-electron chi connectivity index (χ2n) is 4.38. The Morgan fingerprint density at radius 2 is 2.05 bits per heavy atom. The van der Waals surface area contributed by atoms with Crippen LogP contribution in [0.25, 0.3) is 10.2 Å². The van der Waals surface area contributed by atoms with Crippen LogP contribution in [0.2, 0.25) is 0 Å². The molecular formula is C14H10F2N2OS. The van der Waals surface area contributed by atoms with Crippen molar-refractivity contribution < 1.29 is 8.78 Å². The fourth-order valence-corrected chi connectivity index (χ4v) is 2.78.